The van der Waals surface area contributed by atoms with Crippen molar-refractivity contribution >= 4 is 125 Å². The van der Waals surface area contributed by atoms with Crippen molar-refractivity contribution in [3.63, 3.8) is 0 Å². The van der Waals surface area contributed by atoms with E-state index in [1.165, 1.54) is 0 Å². The lowest BCUT2D eigenvalue weighted by Crippen LogP contribution is -2.42. The smallest absolute Gasteiger partial charge is 0.306 e. The van der Waals surface area contributed by atoms with Crippen LogP contribution >= 0.6 is 79.1 Å². The van der Waals surface area contributed by atoms with Crippen LogP contribution in [0.5, 0.6) is 0 Å². The van der Waals surface area contributed by atoms with Gasteiger partial charge in [0.25, 0.3) is 11.8 Å². The molecule has 4 aromatic carbocycles. The number of carbonyl (C=O) groups is 4. The second-order valence-corrected chi connectivity index (χ2v) is 21.6. The summed E-state index contributed by atoms with van der Waals surface area (Å²) in [6.45, 7) is 10.1. The molecule has 396 valence electrons. The van der Waals surface area contributed by atoms with Crippen LogP contribution in [0.4, 0.5) is 0 Å². The average Bonchev–Trinajstić information content (AvgIpc) is 3.92. The molecule has 0 radical (unpaired) electrons. The van der Waals surface area contributed by atoms with E-state index in [2.05, 4.69) is 64.4 Å². The number of rotatable bonds is 17. The molecule has 16 heteroatoms. The van der Waals surface area contributed by atoms with Gasteiger partial charge in [-0.3, -0.25) is 19.2 Å². The highest BCUT2D eigenvalue weighted by molar-refractivity contribution is 9.10. The van der Waals surface area contributed by atoms with Gasteiger partial charge in [-0.15, -0.1) is 12.4 Å². The van der Waals surface area contributed by atoms with Gasteiger partial charge in [0.1, 0.15) is 6.10 Å². The van der Waals surface area contributed by atoms with Crippen LogP contribution < -0.4 is 10.6 Å². The quantitative estimate of drug-likeness (QED) is 0.0704. The Morgan fingerprint density at radius 2 is 1.05 bits per heavy atom. The van der Waals surface area contributed by atoms with Crippen LogP contribution in [0, 0.1) is 0 Å². The van der Waals surface area contributed by atoms with Crippen LogP contribution in [0.3, 0.4) is 0 Å². The van der Waals surface area contributed by atoms with Crippen LogP contribution in [-0.4, -0.2) is 102 Å². The predicted octanol–water partition coefficient (Wildman–Crippen LogP) is 12.7. The topological polar surface area (TPSA) is 128 Å². The Labute approximate surface area is 474 Å². The summed E-state index contributed by atoms with van der Waals surface area (Å²) in [4.78, 5) is 52.7. The first kappa shape index (κ1) is 60.8. The predicted molar refractivity (Wildman–Crippen MR) is 312 cm³/mol. The number of nitrogens with one attached hydrogen (secondary N) is 2. The molecule has 4 aliphatic rings. The van der Waals surface area contributed by atoms with E-state index in [0.29, 0.717) is 42.4 Å². The molecule has 0 atom stereocenters. The maximum Gasteiger partial charge on any atom is 0.306 e. The Balaban J connectivity index is 0.000000246. The monoisotopic (exact) mass is 1210 g/mol. The SMILES string of the molecule is CCCC(=O)Cl.CCCC(=O)OC1CCN(CCNC(=O)C2=C(/C=C/c3ccc(Cl)cc3)Cc3cc(Br)ccc32)CC1.Cl.O=C(NCCN1CCC(O)CC1)C1=C(/C=C/c2ccc(Cl)cc2)Cc2cc(Br)ccc21. The third-order valence-electron chi connectivity index (χ3n) is 12.9. The van der Waals surface area contributed by atoms with Crippen molar-refractivity contribution in [2.24, 2.45) is 0 Å². The fourth-order valence-corrected chi connectivity index (χ4v) is 10.3. The Kier molecular flexibility index (Phi) is 25.6. The number of carbonyl (C=O) groups excluding carboxylic acids is 4. The average molecular weight is 1220 g/mol. The molecule has 3 N–H and O–H groups in total. The van der Waals surface area contributed by atoms with Gasteiger partial charge in [-0.25, -0.2) is 0 Å². The first-order valence-corrected chi connectivity index (χ1v) is 27.9. The lowest BCUT2D eigenvalue weighted by atomic mass is 10.0. The summed E-state index contributed by atoms with van der Waals surface area (Å²) in [6.07, 6.45) is 15.4. The minimum Gasteiger partial charge on any atom is -0.462 e. The number of benzene rings is 4. The number of hydrogen-bond acceptors (Lipinski definition) is 8. The molecule has 2 fully saturated rings. The second-order valence-electron chi connectivity index (χ2n) is 18.5. The Morgan fingerprint density at radius 3 is 1.45 bits per heavy atom. The summed E-state index contributed by atoms with van der Waals surface area (Å²) in [7, 11) is 0. The number of aliphatic hydroxyl groups excluding tert-OH is 1. The van der Waals surface area contributed by atoms with Gasteiger partial charge in [-0.1, -0.05) is 130 Å². The number of ether oxygens (including phenoxy) is 1. The highest BCUT2D eigenvalue weighted by Crippen LogP contribution is 2.37. The van der Waals surface area contributed by atoms with Crippen molar-refractivity contribution < 1.29 is 29.0 Å². The van der Waals surface area contributed by atoms with Crippen molar-refractivity contribution in [2.45, 2.75) is 90.3 Å². The third-order valence-corrected chi connectivity index (χ3v) is 14.6. The van der Waals surface area contributed by atoms with Gasteiger partial charge in [-0.2, -0.15) is 0 Å². The van der Waals surface area contributed by atoms with E-state index in [1.54, 1.807) is 0 Å². The standard InChI is InChI=1S/C29H32BrClN2O3.C25H26BrClN2O2.C4H7ClO.ClH/c1-2-3-27(34)36-25-12-15-33(16-13-25)17-14-32-29(35)28-21(7-4-20-5-9-24(31)10-6-20)18-22-19-23(30)8-11-26(22)28;26-20-5-8-23-19(16-20)15-18(4-1-17-2-6-21(27)7-3-17)24(23)25(31)28-11-14-29-12-9-22(30)10-13-29;1-2-3-4(5)6;/h4-11,19,25H,2-3,12-18H2,1H3,(H,32,35);1-8,16,22,30H,9-15H2,(H,28,31);2-3H2,1H3;1H/b7-4+;4-1+;;. The van der Waals surface area contributed by atoms with Gasteiger partial charge < -0.3 is 30.3 Å². The maximum absolute atomic E-state index is 13.3. The van der Waals surface area contributed by atoms with Crippen LogP contribution in [-0.2, 0) is 36.8 Å². The summed E-state index contributed by atoms with van der Waals surface area (Å²) in [5.74, 6) is -0.176. The number of hydrogen-bond donors (Lipinski definition) is 3. The minimum absolute atomic E-state index is 0. The fraction of sp³-hybridized carbons (Fsp3) is 0.379. The normalized spacial score (nSPS) is 15.9. The Bertz CT molecular complexity index is 2660. The molecule has 2 saturated heterocycles. The summed E-state index contributed by atoms with van der Waals surface area (Å²) < 4.78 is 7.57. The third kappa shape index (κ3) is 19.2. The summed E-state index contributed by atoms with van der Waals surface area (Å²) in [5.41, 5.74) is 9.87. The number of esters is 1. The van der Waals surface area contributed by atoms with Gasteiger partial charge in [0.15, 0.2) is 0 Å². The van der Waals surface area contributed by atoms with E-state index in [-0.39, 0.29) is 47.6 Å². The van der Waals surface area contributed by atoms with Gasteiger partial charge >= 0.3 is 5.97 Å². The molecule has 74 heavy (non-hydrogen) atoms. The van der Waals surface area contributed by atoms with Crippen molar-refractivity contribution in [3.8, 4) is 0 Å². The molecular formula is C58H66Br2Cl4N4O6. The van der Waals surface area contributed by atoms with Crippen molar-refractivity contribution in [1.29, 1.82) is 0 Å². The van der Waals surface area contributed by atoms with Crippen molar-refractivity contribution in [1.82, 2.24) is 20.4 Å². The molecule has 0 aromatic heterocycles. The van der Waals surface area contributed by atoms with Gasteiger partial charge in [0.05, 0.1) is 17.3 Å². The summed E-state index contributed by atoms with van der Waals surface area (Å²) in [6, 6.07) is 27.5. The number of fused-ring (bicyclic) bond motifs is 2. The molecular weight excluding hydrogens is 1150 g/mol. The number of amides is 2. The fourth-order valence-electron chi connectivity index (χ4n) is 9.07. The zero-order valence-corrected chi connectivity index (χ0v) is 48.2. The lowest BCUT2D eigenvalue weighted by Gasteiger charge is -2.31. The first-order chi connectivity index (χ1) is 35.2. The maximum atomic E-state index is 13.3. The minimum atomic E-state index is -0.238. The number of likely N-dealkylation sites (tertiary alicyclic amines) is 2. The van der Waals surface area contributed by atoms with Crippen LogP contribution in [0.1, 0.15) is 98.6 Å². The number of nitrogens with zero attached hydrogens (tertiary/aromatic N) is 2. The highest BCUT2D eigenvalue weighted by Gasteiger charge is 2.28. The second kappa shape index (κ2) is 31.2. The Morgan fingerprint density at radius 1 is 0.635 bits per heavy atom. The van der Waals surface area contributed by atoms with E-state index >= 15 is 0 Å². The molecule has 0 bridgehead atoms. The van der Waals surface area contributed by atoms with E-state index in [9.17, 15) is 24.3 Å². The number of halogens is 6. The molecule has 8 rings (SSSR count). The molecule has 0 unspecified atom stereocenters. The van der Waals surface area contributed by atoms with E-state index < -0.39 is 0 Å². The molecule has 2 aliphatic carbocycles. The molecule has 2 heterocycles. The number of aliphatic hydroxyl groups is 1. The largest absolute Gasteiger partial charge is 0.462 e. The van der Waals surface area contributed by atoms with E-state index in [4.69, 9.17) is 39.5 Å². The van der Waals surface area contributed by atoms with Crippen molar-refractivity contribution in [2.75, 3.05) is 52.4 Å². The summed E-state index contributed by atoms with van der Waals surface area (Å²) >= 11 is 24.0. The van der Waals surface area contributed by atoms with E-state index in [1.807, 2.05) is 111 Å². The Hall–Kier alpha value is -4.08. The van der Waals surface area contributed by atoms with Crippen molar-refractivity contribution in [3.05, 3.63) is 161 Å². The zero-order valence-electron chi connectivity index (χ0n) is 42.0. The molecule has 2 aliphatic heterocycles. The molecule has 0 spiro atoms. The molecule has 0 saturated carbocycles. The molecule has 10 nitrogen and oxygen atoms in total. The van der Waals surface area contributed by atoms with E-state index in [0.717, 1.165) is 149 Å². The first-order valence-electron chi connectivity index (χ1n) is 25.2. The molecule has 4 aromatic rings. The summed E-state index contributed by atoms with van der Waals surface area (Å²) in [5, 5.41) is 17.1. The number of piperidine rings is 2. The lowest BCUT2D eigenvalue weighted by molar-refractivity contribution is -0.151. The highest BCUT2D eigenvalue weighted by atomic mass is 79.9. The van der Waals surface area contributed by atoms with Crippen LogP contribution in [0.15, 0.2) is 117 Å². The number of allylic oxidation sites excluding steroid dienone is 4. The van der Waals surface area contributed by atoms with Crippen LogP contribution in [0.2, 0.25) is 10.0 Å². The van der Waals surface area contributed by atoms with Crippen LogP contribution in [0.25, 0.3) is 23.3 Å². The zero-order chi connectivity index (χ0) is 52.3. The van der Waals surface area contributed by atoms with Gasteiger partial charge in [0, 0.05) is 84.2 Å². The van der Waals surface area contributed by atoms with Gasteiger partial charge in [0.2, 0.25) is 5.24 Å². The molecule has 2 amide bonds. The van der Waals surface area contributed by atoms with Gasteiger partial charge in [-0.05, 0) is 156 Å².